The molecule has 0 spiro atoms. The molecule has 29 heavy (non-hydrogen) atoms. The number of aromatic nitrogens is 1. The van der Waals surface area contributed by atoms with Crippen LogP contribution < -0.4 is 5.32 Å². The van der Waals surface area contributed by atoms with Crippen LogP contribution in [-0.4, -0.2) is 10.9 Å². The number of carbonyl (C=O) groups is 1. The lowest BCUT2D eigenvalue weighted by atomic mass is 9.98. The number of hydrogen-bond acceptors (Lipinski definition) is 3. The Kier molecular flexibility index (Phi) is 5.28. The summed E-state index contributed by atoms with van der Waals surface area (Å²) >= 11 is 1.45. The summed E-state index contributed by atoms with van der Waals surface area (Å²) in [4.78, 5) is 17.3. The maximum absolute atomic E-state index is 12.6. The first-order chi connectivity index (χ1) is 14.0. The highest BCUT2D eigenvalue weighted by Gasteiger charge is 2.13. The Morgan fingerprint density at radius 3 is 2.14 bits per heavy atom. The Hall–Kier alpha value is -3.24. The molecule has 144 valence electrons. The van der Waals surface area contributed by atoms with Gasteiger partial charge >= 0.3 is 0 Å². The summed E-state index contributed by atoms with van der Waals surface area (Å²) < 4.78 is 0. The summed E-state index contributed by atoms with van der Waals surface area (Å²) in [6, 6.07) is 22.1. The second-order valence-corrected chi connectivity index (χ2v) is 8.07. The molecule has 1 amide bonds. The molecule has 0 aliphatic rings. The van der Waals surface area contributed by atoms with Gasteiger partial charge in [0.2, 0.25) is 0 Å². The zero-order valence-corrected chi connectivity index (χ0v) is 17.5. The molecule has 1 heterocycles. The smallest absolute Gasteiger partial charge is 0.257 e. The number of amides is 1. The molecule has 1 aromatic heterocycles. The second kappa shape index (κ2) is 8.02. The van der Waals surface area contributed by atoms with Gasteiger partial charge in [-0.1, -0.05) is 60.2 Å². The van der Waals surface area contributed by atoms with E-state index in [-0.39, 0.29) is 5.91 Å². The molecular weight excluding hydrogens is 376 g/mol. The molecule has 0 aliphatic heterocycles. The van der Waals surface area contributed by atoms with E-state index >= 15 is 0 Å². The van der Waals surface area contributed by atoms with Crippen molar-refractivity contribution in [1.82, 2.24) is 4.98 Å². The van der Waals surface area contributed by atoms with E-state index in [1.54, 1.807) is 0 Å². The molecule has 4 aromatic rings. The van der Waals surface area contributed by atoms with Crippen molar-refractivity contribution in [2.24, 2.45) is 0 Å². The Morgan fingerprint density at radius 1 is 0.862 bits per heavy atom. The van der Waals surface area contributed by atoms with Crippen molar-refractivity contribution in [2.45, 2.75) is 20.8 Å². The normalized spacial score (nSPS) is 10.7. The number of hydrogen-bond donors (Lipinski definition) is 1. The van der Waals surface area contributed by atoms with Gasteiger partial charge in [-0.2, -0.15) is 0 Å². The van der Waals surface area contributed by atoms with Gasteiger partial charge in [0.25, 0.3) is 5.91 Å². The van der Waals surface area contributed by atoms with E-state index in [1.807, 2.05) is 47.8 Å². The van der Waals surface area contributed by atoms with Gasteiger partial charge in [0.05, 0.1) is 5.69 Å². The maximum Gasteiger partial charge on any atom is 0.257 e. The fourth-order valence-electron chi connectivity index (χ4n) is 3.64. The minimum Gasteiger partial charge on any atom is -0.298 e. The quantitative estimate of drug-likeness (QED) is 0.418. The van der Waals surface area contributed by atoms with Crippen LogP contribution in [0.1, 0.15) is 27.0 Å². The van der Waals surface area contributed by atoms with Crippen LogP contribution in [0, 0.1) is 20.8 Å². The van der Waals surface area contributed by atoms with Crippen LogP contribution >= 0.6 is 11.3 Å². The minimum atomic E-state index is -0.150. The SMILES string of the molecule is Cc1cc(C)c(-c2csc(NC(=O)c3ccc(-c4ccccc4)cc3)n2)c(C)c1. The lowest BCUT2D eigenvalue weighted by Crippen LogP contribution is -2.11. The van der Waals surface area contributed by atoms with Crippen molar-refractivity contribution >= 4 is 22.4 Å². The molecule has 3 nitrogen and oxygen atoms in total. The Morgan fingerprint density at radius 2 is 1.48 bits per heavy atom. The average molecular weight is 399 g/mol. The van der Waals surface area contributed by atoms with Crippen LogP contribution in [0.15, 0.2) is 72.1 Å². The highest BCUT2D eigenvalue weighted by atomic mass is 32.1. The lowest BCUT2D eigenvalue weighted by molar-refractivity contribution is 0.102. The number of nitrogens with zero attached hydrogens (tertiary/aromatic N) is 1. The number of benzene rings is 3. The largest absolute Gasteiger partial charge is 0.298 e. The van der Waals surface area contributed by atoms with Gasteiger partial charge in [-0.05, 0) is 55.2 Å². The Bertz CT molecular complexity index is 1140. The fourth-order valence-corrected chi connectivity index (χ4v) is 4.34. The molecule has 0 bridgehead atoms. The molecule has 0 aliphatic carbocycles. The van der Waals surface area contributed by atoms with Crippen molar-refractivity contribution in [3.05, 3.63) is 94.4 Å². The number of thiazole rings is 1. The van der Waals surface area contributed by atoms with Crippen LogP contribution in [0.3, 0.4) is 0 Å². The number of anilines is 1. The Labute approximate surface area is 175 Å². The predicted molar refractivity (Wildman–Crippen MR) is 122 cm³/mol. The minimum absolute atomic E-state index is 0.150. The second-order valence-electron chi connectivity index (χ2n) is 7.21. The van der Waals surface area contributed by atoms with Crippen molar-refractivity contribution in [3.63, 3.8) is 0 Å². The molecule has 1 N–H and O–H groups in total. The molecule has 0 saturated carbocycles. The van der Waals surface area contributed by atoms with Crippen molar-refractivity contribution in [2.75, 3.05) is 5.32 Å². The highest BCUT2D eigenvalue weighted by molar-refractivity contribution is 7.14. The maximum atomic E-state index is 12.6. The molecule has 4 rings (SSSR count). The van der Waals surface area contributed by atoms with Gasteiger partial charge in [-0.15, -0.1) is 11.3 Å². The van der Waals surface area contributed by atoms with Crippen LogP contribution in [-0.2, 0) is 0 Å². The topological polar surface area (TPSA) is 42.0 Å². The first-order valence-electron chi connectivity index (χ1n) is 9.52. The van der Waals surface area contributed by atoms with Gasteiger partial charge in [0, 0.05) is 16.5 Å². The standard InChI is InChI=1S/C25H22N2OS/c1-16-13-17(2)23(18(3)14-16)22-15-29-25(26-22)27-24(28)21-11-9-20(10-12-21)19-7-5-4-6-8-19/h4-15H,1-3H3,(H,26,27,28). The van der Waals surface area contributed by atoms with Gasteiger partial charge in [0.1, 0.15) is 0 Å². The van der Waals surface area contributed by atoms with Crippen LogP contribution in [0.25, 0.3) is 22.4 Å². The first-order valence-corrected chi connectivity index (χ1v) is 10.4. The average Bonchev–Trinajstić information content (AvgIpc) is 3.16. The predicted octanol–water partition coefficient (Wildman–Crippen LogP) is 6.65. The number of nitrogens with one attached hydrogen (secondary N) is 1. The summed E-state index contributed by atoms with van der Waals surface area (Å²) in [6.45, 7) is 6.29. The molecule has 0 radical (unpaired) electrons. The number of aryl methyl sites for hydroxylation is 3. The number of rotatable bonds is 4. The van der Waals surface area contributed by atoms with E-state index in [1.165, 1.54) is 28.0 Å². The van der Waals surface area contributed by atoms with E-state index in [2.05, 4.69) is 55.3 Å². The van der Waals surface area contributed by atoms with E-state index < -0.39 is 0 Å². The van der Waals surface area contributed by atoms with Crippen molar-refractivity contribution < 1.29 is 4.79 Å². The Balaban J connectivity index is 1.51. The van der Waals surface area contributed by atoms with Gasteiger partial charge in [-0.3, -0.25) is 10.1 Å². The van der Waals surface area contributed by atoms with E-state index in [9.17, 15) is 4.79 Å². The third-order valence-electron chi connectivity index (χ3n) is 4.91. The molecule has 3 aromatic carbocycles. The monoisotopic (exact) mass is 398 g/mol. The fraction of sp³-hybridized carbons (Fsp3) is 0.120. The summed E-state index contributed by atoms with van der Waals surface area (Å²) in [5.74, 6) is -0.150. The molecule has 4 heteroatoms. The summed E-state index contributed by atoms with van der Waals surface area (Å²) in [5.41, 5.74) is 8.51. The van der Waals surface area contributed by atoms with Crippen LogP contribution in [0.4, 0.5) is 5.13 Å². The molecular formula is C25H22N2OS. The summed E-state index contributed by atoms with van der Waals surface area (Å²) in [6.07, 6.45) is 0. The molecule has 0 saturated heterocycles. The highest BCUT2D eigenvalue weighted by Crippen LogP contribution is 2.31. The third kappa shape index (κ3) is 4.13. The summed E-state index contributed by atoms with van der Waals surface area (Å²) in [5, 5.41) is 5.53. The molecule has 0 atom stereocenters. The van der Waals surface area contributed by atoms with Crippen LogP contribution in [0.5, 0.6) is 0 Å². The van der Waals surface area contributed by atoms with Crippen LogP contribution in [0.2, 0.25) is 0 Å². The van der Waals surface area contributed by atoms with Crippen molar-refractivity contribution in [1.29, 1.82) is 0 Å². The number of carbonyl (C=O) groups excluding carboxylic acids is 1. The third-order valence-corrected chi connectivity index (χ3v) is 5.67. The van der Waals surface area contributed by atoms with E-state index in [4.69, 9.17) is 0 Å². The van der Waals surface area contributed by atoms with Gasteiger partial charge in [0.15, 0.2) is 5.13 Å². The zero-order valence-electron chi connectivity index (χ0n) is 16.7. The van der Waals surface area contributed by atoms with E-state index in [0.29, 0.717) is 10.7 Å². The molecule has 0 fully saturated rings. The van der Waals surface area contributed by atoms with Gasteiger partial charge < -0.3 is 0 Å². The zero-order chi connectivity index (χ0) is 20.4. The molecule has 0 unspecified atom stereocenters. The lowest BCUT2D eigenvalue weighted by Gasteiger charge is -2.08. The summed E-state index contributed by atoms with van der Waals surface area (Å²) in [7, 11) is 0. The van der Waals surface area contributed by atoms with E-state index in [0.717, 1.165) is 22.4 Å². The van der Waals surface area contributed by atoms with Crippen molar-refractivity contribution in [3.8, 4) is 22.4 Å². The first kappa shape index (κ1) is 19.1. The van der Waals surface area contributed by atoms with Gasteiger partial charge in [-0.25, -0.2) is 4.98 Å².